The van der Waals surface area contributed by atoms with Gasteiger partial charge < -0.3 is 0 Å². The second-order valence-corrected chi connectivity index (χ2v) is 8.24. The number of nitrogens with one attached hydrogen (secondary N) is 1. The van der Waals surface area contributed by atoms with Crippen LogP contribution in [0.1, 0.15) is 11.1 Å². The summed E-state index contributed by atoms with van der Waals surface area (Å²) in [4.78, 5) is 12.2. The van der Waals surface area contributed by atoms with Gasteiger partial charge in [0.15, 0.2) is 0 Å². The number of hydrogen-bond acceptors (Lipinski definition) is 3. The van der Waals surface area contributed by atoms with E-state index >= 15 is 0 Å². The average Bonchev–Trinajstić information content (AvgIpc) is 2.71. The molecule has 8 heteroatoms. The van der Waals surface area contributed by atoms with Crippen molar-refractivity contribution in [1.29, 1.82) is 0 Å². The van der Waals surface area contributed by atoms with E-state index in [4.69, 9.17) is 11.6 Å². The number of aryl methyl sites for hydroxylation is 4. The summed E-state index contributed by atoms with van der Waals surface area (Å²) in [7, 11) is -0.529. The van der Waals surface area contributed by atoms with Crippen LogP contribution in [0.2, 0.25) is 5.02 Å². The molecule has 0 radical (unpaired) electrons. The molecule has 0 aliphatic carbocycles. The van der Waals surface area contributed by atoms with E-state index in [1.54, 1.807) is 38.4 Å². The standard InChI is InChI=1S/C17H18ClN3O3S/c1-10-5-11(2)7-12(6-10)25(23,24)19-14-9-16-15(8-13(14)18)20(3)17(22)21(16)4/h5-9,19H,1-4H3. The molecule has 0 amide bonds. The van der Waals surface area contributed by atoms with Gasteiger partial charge >= 0.3 is 5.69 Å². The normalized spacial score (nSPS) is 11.9. The number of nitrogens with zero attached hydrogens (tertiary/aromatic N) is 2. The molecule has 0 fully saturated rings. The number of fused-ring (bicyclic) bond motifs is 1. The Balaban J connectivity index is 2.12. The third-order valence-corrected chi connectivity index (χ3v) is 5.77. The second kappa shape index (κ2) is 5.93. The molecule has 0 unspecified atom stereocenters. The van der Waals surface area contributed by atoms with Gasteiger partial charge in [0.05, 0.1) is 26.6 Å². The van der Waals surface area contributed by atoms with Crippen LogP contribution in [0, 0.1) is 13.8 Å². The molecule has 2 aromatic carbocycles. The van der Waals surface area contributed by atoms with Gasteiger partial charge in [0, 0.05) is 14.1 Å². The van der Waals surface area contributed by atoms with Gasteiger partial charge in [0.25, 0.3) is 10.0 Å². The van der Waals surface area contributed by atoms with E-state index in [1.807, 2.05) is 19.9 Å². The summed E-state index contributed by atoms with van der Waals surface area (Å²) in [6.45, 7) is 3.68. The number of anilines is 1. The summed E-state index contributed by atoms with van der Waals surface area (Å²) in [6, 6.07) is 8.24. The molecule has 0 saturated heterocycles. The lowest BCUT2D eigenvalue weighted by atomic mass is 10.2. The van der Waals surface area contributed by atoms with Crippen molar-refractivity contribution >= 4 is 38.3 Å². The van der Waals surface area contributed by atoms with Gasteiger partial charge in [-0.25, -0.2) is 13.2 Å². The molecule has 1 heterocycles. The molecular formula is C17H18ClN3O3S. The molecule has 3 aromatic rings. The molecule has 0 spiro atoms. The van der Waals surface area contributed by atoms with E-state index in [9.17, 15) is 13.2 Å². The Bertz CT molecular complexity index is 1140. The molecule has 25 heavy (non-hydrogen) atoms. The molecule has 6 nitrogen and oxygen atoms in total. The van der Waals surface area contributed by atoms with Gasteiger partial charge in [-0.2, -0.15) is 0 Å². The van der Waals surface area contributed by atoms with E-state index in [0.29, 0.717) is 11.0 Å². The number of hydrogen-bond donors (Lipinski definition) is 1. The molecule has 0 atom stereocenters. The molecular weight excluding hydrogens is 362 g/mol. The van der Waals surface area contributed by atoms with Crippen molar-refractivity contribution in [3.63, 3.8) is 0 Å². The highest BCUT2D eigenvalue weighted by molar-refractivity contribution is 7.92. The number of sulfonamides is 1. The zero-order valence-electron chi connectivity index (χ0n) is 14.3. The van der Waals surface area contributed by atoms with Gasteiger partial charge in [-0.1, -0.05) is 17.7 Å². The van der Waals surface area contributed by atoms with Crippen LogP contribution in [0.3, 0.4) is 0 Å². The van der Waals surface area contributed by atoms with Crippen LogP contribution >= 0.6 is 11.6 Å². The highest BCUT2D eigenvalue weighted by Crippen LogP contribution is 2.29. The van der Waals surface area contributed by atoms with E-state index < -0.39 is 10.0 Å². The van der Waals surface area contributed by atoms with E-state index in [1.165, 1.54) is 9.13 Å². The summed E-state index contributed by atoms with van der Waals surface area (Å²) >= 11 is 6.24. The fourth-order valence-electron chi connectivity index (χ4n) is 2.89. The molecule has 0 aliphatic heterocycles. The lowest BCUT2D eigenvalue weighted by Crippen LogP contribution is -2.19. The molecule has 0 aliphatic rings. The first-order valence-corrected chi connectivity index (χ1v) is 9.42. The van der Waals surface area contributed by atoms with Gasteiger partial charge in [-0.05, 0) is 49.2 Å². The molecule has 1 aromatic heterocycles. The van der Waals surface area contributed by atoms with Crippen molar-refractivity contribution in [3.8, 4) is 0 Å². The van der Waals surface area contributed by atoms with Gasteiger partial charge in [0.2, 0.25) is 0 Å². The van der Waals surface area contributed by atoms with Crippen LogP contribution in [0.25, 0.3) is 11.0 Å². The minimum absolute atomic E-state index is 0.170. The second-order valence-electron chi connectivity index (χ2n) is 6.15. The Labute approximate surface area is 150 Å². The van der Waals surface area contributed by atoms with Crippen LogP contribution in [0.4, 0.5) is 5.69 Å². The quantitative estimate of drug-likeness (QED) is 0.760. The van der Waals surface area contributed by atoms with Crippen molar-refractivity contribution < 1.29 is 8.42 Å². The Hall–Kier alpha value is -2.25. The maximum absolute atomic E-state index is 12.7. The topological polar surface area (TPSA) is 73.1 Å². The lowest BCUT2D eigenvalue weighted by molar-refractivity contribution is 0.601. The minimum Gasteiger partial charge on any atom is -0.295 e. The molecule has 3 rings (SSSR count). The van der Waals surface area contributed by atoms with Crippen LogP contribution in [-0.2, 0) is 24.1 Å². The van der Waals surface area contributed by atoms with Crippen LogP contribution in [0.5, 0.6) is 0 Å². The maximum Gasteiger partial charge on any atom is 0.328 e. The van der Waals surface area contributed by atoms with E-state index in [2.05, 4.69) is 4.72 Å². The summed E-state index contributed by atoms with van der Waals surface area (Å²) < 4.78 is 30.8. The molecule has 0 saturated carbocycles. The van der Waals surface area contributed by atoms with E-state index in [-0.39, 0.29) is 21.3 Å². The fraction of sp³-hybridized carbons (Fsp3) is 0.235. The highest BCUT2D eigenvalue weighted by Gasteiger charge is 2.19. The van der Waals surface area contributed by atoms with Crippen molar-refractivity contribution in [2.24, 2.45) is 14.1 Å². The van der Waals surface area contributed by atoms with Gasteiger partial charge in [-0.3, -0.25) is 13.9 Å². The van der Waals surface area contributed by atoms with Crippen LogP contribution in [-0.4, -0.2) is 17.6 Å². The minimum atomic E-state index is -3.79. The molecule has 0 bridgehead atoms. The number of imidazole rings is 1. The maximum atomic E-state index is 12.7. The Morgan fingerprint density at radius 2 is 1.44 bits per heavy atom. The zero-order chi connectivity index (χ0) is 18.5. The Morgan fingerprint density at radius 3 is 2.00 bits per heavy atom. The van der Waals surface area contributed by atoms with Crippen molar-refractivity contribution in [1.82, 2.24) is 9.13 Å². The average molecular weight is 380 g/mol. The number of aromatic nitrogens is 2. The van der Waals surface area contributed by atoms with Crippen molar-refractivity contribution in [2.45, 2.75) is 18.7 Å². The van der Waals surface area contributed by atoms with Gasteiger partial charge in [0.1, 0.15) is 0 Å². The number of halogens is 1. The smallest absolute Gasteiger partial charge is 0.295 e. The molecule has 132 valence electrons. The highest BCUT2D eigenvalue weighted by atomic mass is 35.5. The van der Waals surface area contributed by atoms with E-state index in [0.717, 1.165) is 11.1 Å². The largest absolute Gasteiger partial charge is 0.328 e. The first-order chi connectivity index (χ1) is 11.6. The lowest BCUT2D eigenvalue weighted by Gasteiger charge is -2.11. The number of rotatable bonds is 3. The van der Waals surface area contributed by atoms with Gasteiger partial charge in [-0.15, -0.1) is 0 Å². The predicted molar refractivity (Wildman–Crippen MR) is 99.9 cm³/mol. The summed E-state index contributed by atoms with van der Waals surface area (Å²) in [5, 5.41) is 0.224. The Morgan fingerprint density at radius 1 is 0.920 bits per heavy atom. The predicted octanol–water partition coefficient (Wildman–Crippen LogP) is 2.95. The monoisotopic (exact) mass is 379 g/mol. The third-order valence-electron chi connectivity index (χ3n) is 4.11. The van der Waals surface area contributed by atoms with Crippen molar-refractivity contribution in [2.75, 3.05) is 4.72 Å². The summed E-state index contributed by atoms with van der Waals surface area (Å²) in [5.74, 6) is 0. The van der Waals surface area contributed by atoms with Crippen molar-refractivity contribution in [3.05, 3.63) is 57.0 Å². The molecule has 1 N–H and O–H groups in total. The van der Waals surface area contributed by atoms with Crippen LogP contribution < -0.4 is 10.4 Å². The summed E-state index contributed by atoms with van der Waals surface area (Å²) in [5.41, 5.74) is 2.96. The van der Waals surface area contributed by atoms with Crippen LogP contribution in [0.15, 0.2) is 40.0 Å². The fourth-order valence-corrected chi connectivity index (χ4v) is 4.41. The SMILES string of the molecule is Cc1cc(C)cc(S(=O)(=O)Nc2cc3c(cc2Cl)n(C)c(=O)n3C)c1. The zero-order valence-corrected chi connectivity index (χ0v) is 15.9. The number of benzene rings is 2. The third kappa shape index (κ3) is 3.05. The first-order valence-electron chi connectivity index (χ1n) is 7.56. The Kier molecular flexibility index (Phi) is 4.17. The first kappa shape index (κ1) is 17.6. The summed E-state index contributed by atoms with van der Waals surface area (Å²) in [6.07, 6.45) is 0.